The van der Waals surface area contributed by atoms with Crippen LogP contribution >= 0.6 is 0 Å². The third-order valence-electron chi connectivity index (χ3n) is 3.51. The van der Waals surface area contributed by atoms with E-state index in [-0.39, 0.29) is 17.7 Å². The van der Waals surface area contributed by atoms with Crippen molar-refractivity contribution < 1.29 is 23.8 Å². The molecule has 2 amide bonds. The molecule has 6 nitrogen and oxygen atoms in total. The second-order valence-electron chi connectivity index (χ2n) is 5.05. The highest BCUT2D eigenvalue weighted by atomic mass is 19.1. The first-order chi connectivity index (χ1) is 9.95. The van der Waals surface area contributed by atoms with Gasteiger partial charge in [0.2, 0.25) is 0 Å². The lowest BCUT2D eigenvalue weighted by atomic mass is 9.93. The van der Waals surface area contributed by atoms with Crippen molar-refractivity contribution in [2.75, 3.05) is 0 Å². The van der Waals surface area contributed by atoms with Crippen LogP contribution in [0, 0.1) is 5.82 Å². The summed E-state index contributed by atoms with van der Waals surface area (Å²) in [6.07, 6.45) is 1.62. The Balaban J connectivity index is 1.90. The Morgan fingerprint density at radius 2 is 1.95 bits per heavy atom. The number of nitrogens with two attached hydrogens (primary N) is 1. The lowest BCUT2D eigenvalue weighted by Crippen LogP contribution is -2.38. The molecule has 7 heteroatoms. The van der Waals surface area contributed by atoms with Crippen LogP contribution in [0.25, 0.3) is 0 Å². The molecule has 1 aliphatic rings. The van der Waals surface area contributed by atoms with Crippen LogP contribution in [0.2, 0.25) is 0 Å². The Kier molecular flexibility index (Phi) is 4.62. The van der Waals surface area contributed by atoms with E-state index in [1.807, 2.05) is 0 Å². The summed E-state index contributed by atoms with van der Waals surface area (Å²) in [4.78, 5) is 21.5. The van der Waals surface area contributed by atoms with Crippen molar-refractivity contribution in [3.05, 3.63) is 29.6 Å². The van der Waals surface area contributed by atoms with E-state index in [1.165, 1.54) is 12.1 Å². The van der Waals surface area contributed by atoms with E-state index in [0.29, 0.717) is 31.4 Å². The quantitative estimate of drug-likeness (QED) is 0.789. The van der Waals surface area contributed by atoms with Gasteiger partial charge in [-0.05, 0) is 37.8 Å². The highest BCUT2D eigenvalue weighted by molar-refractivity contribution is 5.93. The largest absolute Gasteiger partial charge is 0.490 e. The molecule has 0 aromatic heterocycles. The molecule has 4 N–H and O–H groups in total. The van der Waals surface area contributed by atoms with Crippen LogP contribution in [0.15, 0.2) is 18.2 Å². The Morgan fingerprint density at radius 1 is 1.29 bits per heavy atom. The van der Waals surface area contributed by atoms with E-state index in [1.54, 1.807) is 0 Å². The maximum absolute atomic E-state index is 13.6. The van der Waals surface area contributed by atoms with Crippen molar-refractivity contribution in [3.63, 3.8) is 0 Å². The minimum absolute atomic E-state index is 0.0590. The van der Waals surface area contributed by atoms with E-state index in [9.17, 15) is 14.0 Å². The van der Waals surface area contributed by atoms with Gasteiger partial charge in [-0.1, -0.05) is 0 Å². The van der Waals surface area contributed by atoms with Crippen LogP contribution < -0.4 is 15.8 Å². The van der Waals surface area contributed by atoms with Crippen molar-refractivity contribution >= 4 is 12.0 Å². The number of rotatable bonds is 4. The van der Waals surface area contributed by atoms with E-state index in [2.05, 4.69) is 5.32 Å². The summed E-state index contributed by atoms with van der Waals surface area (Å²) in [6, 6.07) is 3.88. The second-order valence-corrected chi connectivity index (χ2v) is 5.05. The van der Waals surface area contributed by atoms with Crippen molar-refractivity contribution in [2.45, 2.75) is 37.8 Å². The third kappa shape index (κ3) is 4.08. The minimum atomic E-state index is -1.02. The van der Waals surface area contributed by atoms with Gasteiger partial charge in [-0.25, -0.2) is 9.18 Å². The number of benzene rings is 1. The average Bonchev–Trinajstić information content (AvgIpc) is 2.40. The Labute approximate surface area is 121 Å². The number of amides is 2. The molecular formula is C14H17FN2O4. The number of halogens is 1. The Morgan fingerprint density at radius 3 is 2.48 bits per heavy atom. The second kappa shape index (κ2) is 6.43. The first kappa shape index (κ1) is 15.1. The maximum Gasteiger partial charge on any atom is 0.404 e. The minimum Gasteiger partial charge on any atom is -0.490 e. The third-order valence-corrected chi connectivity index (χ3v) is 3.51. The van der Waals surface area contributed by atoms with Gasteiger partial charge in [-0.3, -0.25) is 4.79 Å². The van der Waals surface area contributed by atoms with Crippen LogP contribution in [0.3, 0.4) is 0 Å². The summed E-state index contributed by atoms with van der Waals surface area (Å²) in [5, 5.41) is 11.1. The van der Waals surface area contributed by atoms with Gasteiger partial charge in [0, 0.05) is 12.1 Å². The molecule has 0 unspecified atom stereocenters. The van der Waals surface area contributed by atoms with Gasteiger partial charge in [0.25, 0.3) is 5.91 Å². The molecule has 1 saturated carbocycles. The Hall–Kier alpha value is -2.31. The molecule has 0 bridgehead atoms. The van der Waals surface area contributed by atoms with E-state index >= 15 is 0 Å². The van der Waals surface area contributed by atoms with Gasteiger partial charge in [-0.15, -0.1) is 0 Å². The summed E-state index contributed by atoms with van der Waals surface area (Å²) in [7, 11) is 0. The van der Waals surface area contributed by atoms with E-state index < -0.39 is 17.8 Å². The molecule has 0 spiro atoms. The predicted octanol–water partition coefficient (Wildman–Crippen LogP) is 1.88. The van der Waals surface area contributed by atoms with Crippen molar-refractivity contribution in [3.8, 4) is 5.75 Å². The smallest absolute Gasteiger partial charge is 0.404 e. The fourth-order valence-corrected chi connectivity index (χ4v) is 2.46. The number of hydrogen-bond donors (Lipinski definition) is 3. The zero-order valence-electron chi connectivity index (χ0n) is 11.3. The topological polar surface area (TPSA) is 102 Å². The van der Waals surface area contributed by atoms with Crippen molar-refractivity contribution in [2.24, 2.45) is 5.73 Å². The van der Waals surface area contributed by atoms with Gasteiger partial charge in [-0.2, -0.15) is 0 Å². The standard InChI is InChI=1S/C14H17FN2O4/c15-12-7-10(5-6-11(12)13(16)18)21-9-3-1-8(2-4-9)17-14(19)20/h5-9,17H,1-4H2,(H2,16,18)(H,19,20). The highest BCUT2D eigenvalue weighted by Gasteiger charge is 2.23. The molecule has 0 saturated heterocycles. The van der Waals surface area contributed by atoms with Gasteiger partial charge in [0.05, 0.1) is 11.7 Å². The number of ether oxygens (including phenoxy) is 1. The van der Waals surface area contributed by atoms with Gasteiger partial charge >= 0.3 is 6.09 Å². The monoisotopic (exact) mass is 296 g/mol. The molecule has 0 aliphatic heterocycles. The van der Waals surface area contributed by atoms with Crippen LogP contribution in [-0.4, -0.2) is 29.3 Å². The SMILES string of the molecule is NC(=O)c1ccc(OC2CCC(NC(=O)O)CC2)cc1F. The summed E-state index contributed by atoms with van der Waals surface area (Å²) >= 11 is 0. The number of carbonyl (C=O) groups is 2. The summed E-state index contributed by atoms with van der Waals surface area (Å²) in [5.41, 5.74) is 4.86. The lowest BCUT2D eigenvalue weighted by Gasteiger charge is -2.28. The molecule has 0 radical (unpaired) electrons. The fourth-order valence-electron chi connectivity index (χ4n) is 2.46. The molecule has 1 aromatic rings. The molecule has 2 rings (SSSR count). The number of hydrogen-bond acceptors (Lipinski definition) is 3. The molecule has 1 aliphatic carbocycles. The van der Waals surface area contributed by atoms with Crippen LogP contribution in [0.5, 0.6) is 5.75 Å². The average molecular weight is 296 g/mol. The van der Waals surface area contributed by atoms with Crippen LogP contribution in [0.1, 0.15) is 36.0 Å². The predicted molar refractivity (Wildman–Crippen MR) is 72.8 cm³/mol. The summed E-state index contributed by atoms with van der Waals surface area (Å²) in [5.74, 6) is -1.19. The first-order valence-electron chi connectivity index (χ1n) is 6.71. The van der Waals surface area contributed by atoms with E-state index in [4.69, 9.17) is 15.6 Å². The molecule has 21 heavy (non-hydrogen) atoms. The van der Waals surface area contributed by atoms with Crippen LogP contribution in [-0.2, 0) is 0 Å². The number of primary amides is 1. The fraction of sp³-hybridized carbons (Fsp3) is 0.429. The normalized spacial score (nSPS) is 21.6. The van der Waals surface area contributed by atoms with Crippen molar-refractivity contribution in [1.29, 1.82) is 0 Å². The van der Waals surface area contributed by atoms with Gasteiger partial charge < -0.3 is 20.9 Å². The van der Waals surface area contributed by atoms with Gasteiger partial charge in [0.15, 0.2) is 0 Å². The maximum atomic E-state index is 13.6. The zero-order chi connectivity index (χ0) is 15.4. The van der Waals surface area contributed by atoms with E-state index in [0.717, 1.165) is 6.07 Å². The summed E-state index contributed by atoms with van der Waals surface area (Å²) in [6.45, 7) is 0. The first-order valence-corrected chi connectivity index (χ1v) is 6.71. The highest BCUT2D eigenvalue weighted by Crippen LogP contribution is 2.25. The van der Waals surface area contributed by atoms with Gasteiger partial charge in [0.1, 0.15) is 11.6 Å². The van der Waals surface area contributed by atoms with Crippen LogP contribution in [0.4, 0.5) is 9.18 Å². The summed E-state index contributed by atoms with van der Waals surface area (Å²) < 4.78 is 19.3. The number of carbonyl (C=O) groups excluding carboxylic acids is 1. The molecule has 1 fully saturated rings. The molecule has 114 valence electrons. The molecule has 0 heterocycles. The zero-order valence-corrected chi connectivity index (χ0v) is 11.3. The molecular weight excluding hydrogens is 279 g/mol. The Bertz CT molecular complexity index is 542. The lowest BCUT2D eigenvalue weighted by molar-refractivity contribution is 0.0996. The molecule has 0 atom stereocenters. The number of nitrogens with one attached hydrogen (secondary N) is 1. The molecule has 1 aromatic carbocycles. The van der Waals surface area contributed by atoms with Crippen molar-refractivity contribution in [1.82, 2.24) is 5.32 Å². The number of carboxylic acid groups (broad SMARTS) is 1.